The van der Waals surface area contributed by atoms with Crippen LogP contribution in [-0.4, -0.2) is 4.98 Å². The summed E-state index contributed by atoms with van der Waals surface area (Å²) in [6.45, 7) is 2.13. The summed E-state index contributed by atoms with van der Waals surface area (Å²) in [5.74, 6) is 0. The number of pyridine rings is 1. The number of rotatable bonds is 0. The zero-order valence-electron chi connectivity index (χ0n) is 7.12. The molecule has 0 saturated carbocycles. The third kappa shape index (κ3) is 1.18. The summed E-state index contributed by atoms with van der Waals surface area (Å²) < 4.78 is 0. The van der Waals surface area contributed by atoms with E-state index in [-0.39, 0.29) is 0 Å². The van der Waals surface area contributed by atoms with Gasteiger partial charge >= 0.3 is 0 Å². The minimum Gasteiger partial charge on any atom is -0.264 e. The van der Waals surface area contributed by atoms with Crippen molar-refractivity contribution in [2.45, 2.75) is 13.3 Å². The number of hydrogen-bond donors (Lipinski definition) is 0. The fraction of sp³-hybridized carbons (Fsp3) is 0.182. The van der Waals surface area contributed by atoms with Gasteiger partial charge in [-0.3, -0.25) is 4.98 Å². The van der Waals surface area contributed by atoms with Gasteiger partial charge in [-0.2, -0.15) is 0 Å². The molecule has 1 aromatic rings. The molecule has 1 nitrogen and oxygen atoms in total. The van der Waals surface area contributed by atoms with Gasteiger partial charge in [0.05, 0.1) is 0 Å². The Bertz CT molecular complexity index is 348. The average molecular weight is 157 g/mol. The highest BCUT2D eigenvalue weighted by molar-refractivity contribution is 5.74. The van der Waals surface area contributed by atoms with Gasteiger partial charge in [-0.25, -0.2) is 0 Å². The van der Waals surface area contributed by atoms with Crippen molar-refractivity contribution in [1.82, 2.24) is 4.98 Å². The van der Waals surface area contributed by atoms with Gasteiger partial charge in [0, 0.05) is 18.0 Å². The topological polar surface area (TPSA) is 12.9 Å². The van der Waals surface area contributed by atoms with Crippen LogP contribution >= 0.6 is 0 Å². The molecular weight excluding hydrogens is 146 g/mol. The van der Waals surface area contributed by atoms with E-state index in [2.05, 4.69) is 36.2 Å². The van der Waals surface area contributed by atoms with Crippen molar-refractivity contribution in [3.05, 3.63) is 41.7 Å². The highest BCUT2D eigenvalue weighted by Gasteiger charge is 2.02. The van der Waals surface area contributed by atoms with Gasteiger partial charge in [0.25, 0.3) is 0 Å². The highest BCUT2D eigenvalue weighted by atomic mass is 14.6. The summed E-state index contributed by atoms with van der Waals surface area (Å²) in [5, 5.41) is 0. The lowest BCUT2D eigenvalue weighted by Crippen LogP contribution is -1.85. The van der Waals surface area contributed by atoms with E-state index in [1.165, 1.54) is 16.7 Å². The number of allylic oxidation sites excluding steroid dienone is 3. The van der Waals surface area contributed by atoms with Crippen LogP contribution in [-0.2, 0) is 0 Å². The van der Waals surface area contributed by atoms with Crippen LogP contribution in [0.2, 0.25) is 0 Å². The minimum absolute atomic E-state index is 1.03. The molecule has 0 amide bonds. The van der Waals surface area contributed by atoms with Gasteiger partial charge in [0.2, 0.25) is 0 Å². The molecular formula is C11H11N. The summed E-state index contributed by atoms with van der Waals surface area (Å²) >= 11 is 0. The molecule has 0 fully saturated rings. The lowest BCUT2D eigenvalue weighted by Gasteiger charge is -2.02. The first kappa shape index (κ1) is 7.29. The Morgan fingerprint density at radius 2 is 2.33 bits per heavy atom. The number of hydrogen-bond acceptors (Lipinski definition) is 1. The zero-order chi connectivity index (χ0) is 8.39. The van der Waals surface area contributed by atoms with Crippen molar-refractivity contribution in [3.8, 4) is 0 Å². The average Bonchev–Trinajstić information content (AvgIpc) is 2.29. The van der Waals surface area contributed by atoms with Crippen molar-refractivity contribution in [3.63, 3.8) is 0 Å². The maximum absolute atomic E-state index is 4.12. The summed E-state index contributed by atoms with van der Waals surface area (Å²) in [6.07, 6.45) is 11.3. The lowest BCUT2D eigenvalue weighted by molar-refractivity contribution is 1.29. The molecule has 0 spiro atoms. The first-order chi connectivity index (χ1) is 5.88. The quantitative estimate of drug-likeness (QED) is 0.564. The Morgan fingerprint density at radius 3 is 3.25 bits per heavy atom. The van der Waals surface area contributed by atoms with E-state index >= 15 is 0 Å². The molecule has 1 aliphatic carbocycles. The molecule has 0 N–H and O–H groups in total. The third-order valence-corrected chi connectivity index (χ3v) is 2.14. The van der Waals surface area contributed by atoms with Gasteiger partial charge in [0.1, 0.15) is 0 Å². The third-order valence-electron chi connectivity index (χ3n) is 2.14. The first-order valence-corrected chi connectivity index (χ1v) is 4.15. The molecule has 0 atom stereocenters. The van der Waals surface area contributed by atoms with Gasteiger partial charge in [-0.05, 0) is 30.5 Å². The van der Waals surface area contributed by atoms with E-state index in [0.29, 0.717) is 0 Å². The van der Waals surface area contributed by atoms with Crippen LogP contribution in [0.3, 0.4) is 0 Å². The van der Waals surface area contributed by atoms with Crippen LogP contribution in [0, 0.1) is 0 Å². The van der Waals surface area contributed by atoms with E-state index in [4.69, 9.17) is 0 Å². The second-order valence-corrected chi connectivity index (χ2v) is 2.99. The van der Waals surface area contributed by atoms with E-state index in [9.17, 15) is 0 Å². The minimum atomic E-state index is 1.03. The van der Waals surface area contributed by atoms with Crippen LogP contribution in [0.4, 0.5) is 0 Å². The van der Waals surface area contributed by atoms with Crippen LogP contribution in [0.5, 0.6) is 0 Å². The summed E-state index contributed by atoms with van der Waals surface area (Å²) in [7, 11) is 0. The SMILES string of the molecule is CC1=CCC=Cc2ccncc21. The molecule has 0 saturated heterocycles. The fourth-order valence-corrected chi connectivity index (χ4v) is 1.43. The van der Waals surface area contributed by atoms with Crippen molar-refractivity contribution in [2.75, 3.05) is 0 Å². The number of fused-ring (bicyclic) bond motifs is 1. The molecule has 12 heavy (non-hydrogen) atoms. The Hall–Kier alpha value is -1.37. The number of aromatic nitrogens is 1. The predicted molar refractivity (Wildman–Crippen MR) is 51.5 cm³/mol. The van der Waals surface area contributed by atoms with Gasteiger partial charge in [0.15, 0.2) is 0 Å². The molecule has 1 aliphatic rings. The largest absolute Gasteiger partial charge is 0.264 e. The molecule has 1 heteroatoms. The van der Waals surface area contributed by atoms with E-state index in [1.807, 2.05) is 12.4 Å². The molecule has 2 rings (SSSR count). The predicted octanol–water partition coefficient (Wildman–Crippen LogP) is 2.90. The molecule has 0 radical (unpaired) electrons. The Morgan fingerprint density at radius 1 is 1.42 bits per heavy atom. The van der Waals surface area contributed by atoms with E-state index in [1.54, 1.807) is 0 Å². The van der Waals surface area contributed by atoms with Crippen LogP contribution < -0.4 is 0 Å². The molecule has 60 valence electrons. The van der Waals surface area contributed by atoms with Gasteiger partial charge in [-0.15, -0.1) is 0 Å². The maximum Gasteiger partial charge on any atom is 0.0348 e. The van der Waals surface area contributed by atoms with Crippen molar-refractivity contribution in [1.29, 1.82) is 0 Å². The zero-order valence-corrected chi connectivity index (χ0v) is 7.12. The molecule has 1 aromatic heterocycles. The molecule has 0 aromatic carbocycles. The Balaban J connectivity index is 2.62. The number of nitrogens with zero attached hydrogens (tertiary/aromatic N) is 1. The normalized spacial score (nSPS) is 14.9. The second kappa shape index (κ2) is 2.94. The van der Waals surface area contributed by atoms with Crippen LogP contribution in [0.25, 0.3) is 11.6 Å². The maximum atomic E-state index is 4.12. The summed E-state index contributed by atoms with van der Waals surface area (Å²) in [4.78, 5) is 4.12. The van der Waals surface area contributed by atoms with Crippen molar-refractivity contribution < 1.29 is 0 Å². The van der Waals surface area contributed by atoms with Gasteiger partial charge in [-0.1, -0.05) is 18.2 Å². The standard InChI is InChI=1S/C11H11N/c1-9-4-2-3-5-10-6-7-12-8-11(9)10/h3-8H,2H2,1H3. The summed E-state index contributed by atoms with van der Waals surface area (Å²) in [6, 6.07) is 2.05. The van der Waals surface area contributed by atoms with Gasteiger partial charge < -0.3 is 0 Å². The fourth-order valence-electron chi connectivity index (χ4n) is 1.43. The first-order valence-electron chi connectivity index (χ1n) is 4.15. The smallest absolute Gasteiger partial charge is 0.0348 e. The van der Waals surface area contributed by atoms with Crippen LogP contribution in [0.1, 0.15) is 24.5 Å². The monoisotopic (exact) mass is 157 g/mol. The van der Waals surface area contributed by atoms with E-state index < -0.39 is 0 Å². The van der Waals surface area contributed by atoms with Crippen molar-refractivity contribution in [2.24, 2.45) is 0 Å². The molecule has 0 bridgehead atoms. The van der Waals surface area contributed by atoms with Crippen LogP contribution in [0.15, 0.2) is 30.6 Å². The van der Waals surface area contributed by atoms with Crippen molar-refractivity contribution >= 4 is 11.6 Å². The second-order valence-electron chi connectivity index (χ2n) is 2.99. The van der Waals surface area contributed by atoms with E-state index in [0.717, 1.165) is 6.42 Å². The molecule has 0 unspecified atom stereocenters. The highest BCUT2D eigenvalue weighted by Crippen LogP contribution is 2.22. The molecule has 1 heterocycles. The Labute approximate surface area is 72.5 Å². The Kier molecular flexibility index (Phi) is 1.78. The lowest BCUT2D eigenvalue weighted by atomic mass is 10.1. The molecule has 0 aliphatic heterocycles. The summed E-state index contributed by atoms with van der Waals surface area (Å²) in [5.41, 5.74) is 3.85.